The summed E-state index contributed by atoms with van der Waals surface area (Å²) in [7, 11) is 0. The second-order valence-electron chi connectivity index (χ2n) is 18.1. The molecule has 3 amide bonds. The summed E-state index contributed by atoms with van der Waals surface area (Å²) in [5, 5.41) is 16.5. The maximum Gasteiger partial charge on any atom is 0.284 e. The van der Waals surface area contributed by atoms with Crippen LogP contribution in [0.15, 0.2) is 65.7 Å². The largest absolute Gasteiger partial charge is 0.464 e. The summed E-state index contributed by atoms with van der Waals surface area (Å²) < 4.78 is 49.6. The van der Waals surface area contributed by atoms with E-state index in [-0.39, 0.29) is 47.4 Å². The Bertz CT molecular complexity index is 2860. The molecule has 2 aromatic carbocycles. The summed E-state index contributed by atoms with van der Waals surface area (Å²) in [4.78, 5) is 47.5. The fourth-order valence-corrected chi connectivity index (χ4v) is 10.7. The van der Waals surface area contributed by atoms with Crippen molar-refractivity contribution in [1.29, 1.82) is 0 Å². The fraction of sp³-hybridized carbons (Fsp3) is 0.458. The first kappa shape index (κ1) is 41.5. The molecular weight excluding hydrogens is 837 g/mol. The van der Waals surface area contributed by atoms with Crippen molar-refractivity contribution in [3.63, 3.8) is 0 Å². The lowest BCUT2D eigenvalue weighted by atomic mass is 9.85. The molecule has 11 rings (SSSR count). The van der Waals surface area contributed by atoms with Crippen LogP contribution in [0.4, 0.5) is 20.3 Å². The Labute approximate surface area is 372 Å². The van der Waals surface area contributed by atoms with Crippen LogP contribution in [0.3, 0.4) is 0 Å². The normalized spacial score (nSPS) is 24.0. The number of anilines is 2. The third-order valence-electron chi connectivity index (χ3n) is 14.1. The van der Waals surface area contributed by atoms with Crippen molar-refractivity contribution in [2.75, 3.05) is 49.6 Å². The van der Waals surface area contributed by atoms with E-state index in [4.69, 9.17) is 18.9 Å². The number of likely N-dealkylation sites (tertiary alicyclic amines) is 1. The fourth-order valence-electron chi connectivity index (χ4n) is 10.7. The van der Waals surface area contributed by atoms with Crippen molar-refractivity contribution in [3.8, 4) is 11.8 Å². The first-order chi connectivity index (χ1) is 31.7. The number of amides is 3. The number of benzene rings is 2. The summed E-state index contributed by atoms with van der Waals surface area (Å²) in [6.45, 7) is 4.57. The highest BCUT2D eigenvalue weighted by atomic mass is 19.3. The number of carbonyl (C=O) groups is 3. The van der Waals surface area contributed by atoms with Crippen LogP contribution in [0.25, 0.3) is 27.4 Å². The number of ether oxygens (including phenoxy) is 2. The standard InChI is InChI=1S/C48H49F2N9O6/c49-45(50)44-39(52-48(62)37-22-51-58-19-16-41(53-46(37)58)57-24-33-21-31(57)26-64-33)25-59(55-44)30-8-6-28(7-9-30)23-56-17-14-32(15-18-56)63-20-2-4-29-3-1-5-35-34(29)10-12-40-43(35)38(27-65-40)36-11-13-42(60)54-47(36)61/h1,3,5,10,12,16,19,22,25,27-28,30-33,36,45H,6-9,11,13-15,17-18,20-21,23-24,26H2,(H,52,62)(H,54,60,61)/t28?,30?,31-,33-,36?/m1/s1. The van der Waals surface area contributed by atoms with Gasteiger partial charge in [0.05, 0.1) is 55.0 Å². The second kappa shape index (κ2) is 17.3. The van der Waals surface area contributed by atoms with Crippen LogP contribution in [-0.4, -0.2) is 105 Å². The third kappa shape index (κ3) is 8.12. The quantitative estimate of drug-likeness (QED) is 0.110. The number of halogens is 2. The number of aromatic nitrogens is 5. The molecule has 6 aromatic rings. The van der Waals surface area contributed by atoms with Crippen molar-refractivity contribution < 1.29 is 37.1 Å². The van der Waals surface area contributed by atoms with Gasteiger partial charge in [0.2, 0.25) is 11.8 Å². The lowest BCUT2D eigenvalue weighted by molar-refractivity contribution is -0.134. The molecule has 5 fully saturated rings. The molecule has 3 atom stereocenters. The monoisotopic (exact) mass is 885 g/mol. The average molecular weight is 886 g/mol. The molecule has 1 unspecified atom stereocenters. The zero-order valence-corrected chi connectivity index (χ0v) is 35.8. The van der Waals surface area contributed by atoms with Gasteiger partial charge in [-0.2, -0.15) is 10.2 Å². The van der Waals surface area contributed by atoms with E-state index < -0.39 is 23.9 Å². The molecule has 2 bridgehead atoms. The van der Waals surface area contributed by atoms with Gasteiger partial charge >= 0.3 is 0 Å². The van der Waals surface area contributed by atoms with Gasteiger partial charge in [-0.25, -0.2) is 18.3 Å². The third-order valence-corrected chi connectivity index (χ3v) is 14.1. The van der Waals surface area contributed by atoms with Crippen LogP contribution in [0, 0.1) is 17.8 Å². The van der Waals surface area contributed by atoms with Gasteiger partial charge in [0.15, 0.2) is 11.3 Å². The predicted octanol–water partition coefficient (Wildman–Crippen LogP) is 6.78. The molecule has 5 aliphatic rings. The molecule has 1 aliphatic carbocycles. The molecule has 2 N–H and O–H groups in total. The highest BCUT2D eigenvalue weighted by Gasteiger charge is 2.40. The molecule has 17 heteroatoms. The van der Waals surface area contributed by atoms with E-state index in [0.29, 0.717) is 43.2 Å². The van der Waals surface area contributed by atoms with Gasteiger partial charge < -0.3 is 29.0 Å². The number of hydrogen-bond donors (Lipinski definition) is 2. The maximum absolute atomic E-state index is 14.3. The summed E-state index contributed by atoms with van der Waals surface area (Å²) in [5.74, 6) is 6.21. The van der Waals surface area contributed by atoms with Crippen LogP contribution >= 0.6 is 0 Å². The minimum absolute atomic E-state index is 0.000504. The molecule has 336 valence electrons. The Hall–Kier alpha value is -6.22. The number of carbonyl (C=O) groups excluding carboxylic acids is 3. The number of furan rings is 1. The van der Waals surface area contributed by atoms with Crippen molar-refractivity contribution >= 4 is 56.6 Å². The van der Waals surface area contributed by atoms with Crippen molar-refractivity contribution in [1.82, 2.24) is 34.6 Å². The number of nitrogens with one attached hydrogen (secondary N) is 2. The second-order valence-corrected chi connectivity index (χ2v) is 18.1. The Kier molecular flexibility index (Phi) is 11.0. The van der Waals surface area contributed by atoms with Crippen LogP contribution in [0.5, 0.6) is 0 Å². The van der Waals surface area contributed by atoms with E-state index in [1.165, 1.54) is 10.7 Å². The van der Waals surface area contributed by atoms with Gasteiger partial charge in [0.1, 0.15) is 23.6 Å². The molecule has 65 heavy (non-hydrogen) atoms. The molecule has 1 saturated carbocycles. The molecule has 4 saturated heterocycles. The van der Waals surface area contributed by atoms with Gasteiger partial charge in [-0.15, -0.1) is 0 Å². The summed E-state index contributed by atoms with van der Waals surface area (Å²) >= 11 is 0. The van der Waals surface area contributed by atoms with E-state index >= 15 is 0 Å². The van der Waals surface area contributed by atoms with E-state index in [1.54, 1.807) is 23.3 Å². The minimum atomic E-state index is -2.86. The number of alkyl halides is 2. The predicted molar refractivity (Wildman–Crippen MR) is 236 cm³/mol. The average Bonchev–Trinajstić information content (AvgIpc) is 4.18. The van der Waals surface area contributed by atoms with Gasteiger partial charge in [0.25, 0.3) is 12.3 Å². The van der Waals surface area contributed by atoms with Crippen LogP contribution < -0.4 is 15.5 Å². The molecule has 4 aromatic heterocycles. The van der Waals surface area contributed by atoms with E-state index in [1.807, 2.05) is 36.4 Å². The van der Waals surface area contributed by atoms with Crippen LogP contribution in [0.2, 0.25) is 0 Å². The number of imide groups is 1. The SMILES string of the molecule is O=C1CCC(c2coc3ccc4c(C#CCOC5CCN(CC6CCC(n7cc(NC(=O)c8cnn9ccc(N%10C[C@H]%11C[C@@H]%10CO%11)nc89)c(C(F)F)n7)CC6)CC5)cccc4c23)C(=O)N1. The number of piperidine rings is 2. The number of hydrogen-bond acceptors (Lipinski definition) is 11. The van der Waals surface area contributed by atoms with Crippen LogP contribution in [0.1, 0.15) is 103 Å². The Morgan fingerprint density at radius 3 is 2.66 bits per heavy atom. The van der Waals surface area contributed by atoms with Gasteiger partial charge in [-0.1, -0.05) is 24.0 Å². The first-order valence-corrected chi connectivity index (χ1v) is 22.7. The number of morpholine rings is 1. The topological polar surface area (TPSA) is 161 Å². The Morgan fingerprint density at radius 2 is 1.88 bits per heavy atom. The highest BCUT2D eigenvalue weighted by Crippen LogP contribution is 2.39. The van der Waals surface area contributed by atoms with Gasteiger partial charge in [-0.3, -0.25) is 24.4 Å². The molecule has 4 aliphatic heterocycles. The number of fused-ring (bicyclic) bond motifs is 6. The van der Waals surface area contributed by atoms with E-state index in [2.05, 4.69) is 42.5 Å². The Balaban J connectivity index is 0.658. The van der Waals surface area contributed by atoms with Crippen LogP contribution in [-0.2, 0) is 19.1 Å². The molecule has 15 nitrogen and oxygen atoms in total. The smallest absolute Gasteiger partial charge is 0.284 e. The lowest BCUT2D eigenvalue weighted by Crippen LogP contribution is -2.40. The molecule has 8 heterocycles. The number of rotatable bonds is 10. The van der Waals surface area contributed by atoms with Gasteiger partial charge in [0, 0.05) is 61.5 Å². The number of nitrogens with zero attached hydrogens (tertiary/aromatic N) is 7. The highest BCUT2D eigenvalue weighted by molar-refractivity contribution is 6.12. The van der Waals surface area contributed by atoms with Crippen molar-refractivity contribution in [2.24, 2.45) is 5.92 Å². The van der Waals surface area contributed by atoms with E-state index in [9.17, 15) is 23.2 Å². The van der Waals surface area contributed by atoms with Gasteiger partial charge in [-0.05, 0) is 92.3 Å². The first-order valence-electron chi connectivity index (χ1n) is 22.7. The zero-order valence-electron chi connectivity index (χ0n) is 35.8. The summed E-state index contributed by atoms with van der Waals surface area (Å²) in [6.07, 6.45) is 10.9. The van der Waals surface area contributed by atoms with Crippen molar-refractivity contribution in [2.45, 2.75) is 94.4 Å². The summed E-state index contributed by atoms with van der Waals surface area (Å²) in [6, 6.07) is 11.9. The molecule has 0 spiro atoms. The maximum atomic E-state index is 14.3. The summed E-state index contributed by atoms with van der Waals surface area (Å²) in [5.41, 5.74) is 2.46. The minimum Gasteiger partial charge on any atom is -0.464 e. The van der Waals surface area contributed by atoms with E-state index in [0.717, 1.165) is 104 Å². The lowest BCUT2D eigenvalue weighted by Gasteiger charge is -2.36. The molecular formula is C48H49F2N9O6. The Morgan fingerprint density at radius 1 is 1.02 bits per heavy atom. The van der Waals surface area contributed by atoms with Crippen molar-refractivity contribution in [3.05, 3.63) is 83.6 Å². The molecule has 0 radical (unpaired) electrons. The zero-order chi connectivity index (χ0) is 44.2.